The summed E-state index contributed by atoms with van der Waals surface area (Å²) in [6, 6.07) is 11.3. The number of hydrogen-bond acceptors (Lipinski definition) is 4. The predicted octanol–water partition coefficient (Wildman–Crippen LogP) is 2.02. The Balaban J connectivity index is 1.89. The SMILES string of the molecule is NC(N)(c1cccc2c1O2)c1cccc2c1O2. The van der Waals surface area contributed by atoms with E-state index in [1.54, 1.807) is 0 Å². The van der Waals surface area contributed by atoms with Crippen molar-refractivity contribution in [1.82, 2.24) is 0 Å². The summed E-state index contributed by atoms with van der Waals surface area (Å²) in [5.74, 6) is 3.27. The van der Waals surface area contributed by atoms with Crippen molar-refractivity contribution >= 4 is 0 Å². The maximum absolute atomic E-state index is 6.25. The molecule has 2 aromatic rings. The van der Waals surface area contributed by atoms with Gasteiger partial charge in [-0.05, 0) is 12.1 Å². The van der Waals surface area contributed by atoms with Gasteiger partial charge in [0.25, 0.3) is 0 Å². The van der Waals surface area contributed by atoms with Gasteiger partial charge in [0.15, 0.2) is 23.0 Å². The van der Waals surface area contributed by atoms with Gasteiger partial charge in [-0.25, -0.2) is 0 Å². The standard InChI is InChI=1S/C13H10N2O2/c14-13(15,7-3-1-5-9-11(7)16-9)8-4-2-6-10-12(8)17-10/h1-6H,14-15H2. The summed E-state index contributed by atoms with van der Waals surface area (Å²) in [6.45, 7) is 0. The molecule has 0 atom stereocenters. The maximum Gasteiger partial charge on any atom is 0.176 e. The van der Waals surface area contributed by atoms with Crippen LogP contribution in [0.4, 0.5) is 0 Å². The minimum atomic E-state index is -1.08. The molecule has 4 heteroatoms. The van der Waals surface area contributed by atoms with Crippen LogP contribution in [0.1, 0.15) is 11.1 Å². The molecule has 2 aliphatic rings. The molecule has 0 aliphatic carbocycles. The first-order valence-electron chi connectivity index (χ1n) is 5.38. The molecule has 2 aromatic carbocycles. The first-order chi connectivity index (χ1) is 8.18. The maximum atomic E-state index is 6.25. The Hall–Kier alpha value is -2.04. The fourth-order valence-corrected chi connectivity index (χ4v) is 2.18. The van der Waals surface area contributed by atoms with Crippen LogP contribution in [0.5, 0.6) is 23.0 Å². The summed E-state index contributed by atoms with van der Waals surface area (Å²) < 4.78 is 10.7. The molecule has 0 saturated carbocycles. The molecule has 4 nitrogen and oxygen atoms in total. The molecule has 2 aliphatic heterocycles. The predicted molar refractivity (Wildman–Crippen MR) is 62.2 cm³/mol. The first-order valence-corrected chi connectivity index (χ1v) is 5.38. The third-order valence-corrected chi connectivity index (χ3v) is 3.19. The Morgan fingerprint density at radius 1 is 0.765 bits per heavy atom. The summed E-state index contributed by atoms with van der Waals surface area (Å²) in [4.78, 5) is 0. The molecule has 2 heterocycles. The van der Waals surface area contributed by atoms with Gasteiger partial charge >= 0.3 is 0 Å². The third-order valence-electron chi connectivity index (χ3n) is 3.19. The summed E-state index contributed by atoms with van der Waals surface area (Å²) in [5, 5.41) is 0. The van der Waals surface area contributed by atoms with Crippen molar-refractivity contribution in [2.24, 2.45) is 11.5 Å². The Morgan fingerprint density at radius 2 is 1.24 bits per heavy atom. The average molecular weight is 226 g/mol. The van der Waals surface area contributed by atoms with Crippen molar-refractivity contribution < 1.29 is 9.47 Å². The van der Waals surface area contributed by atoms with E-state index < -0.39 is 5.66 Å². The molecule has 0 amide bonds. The quantitative estimate of drug-likeness (QED) is 0.405. The topological polar surface area (TPSA) is 77.1 Å². The minimum Gasteiger partial charge on any atom is -0.449 e. The summed E-state index contributed by atoms with van der Waals surface area (Å²) >= 11 is 0. The molecule has 4 rings (SSSR count). The van der Waals surface area contributed by atoms with E-state index in [0.29, 0.717) is 0 Å². The number of fused-ring (bicyclic) bond motifs is 2. The molecule has 0 fully saturated rings. The van der Waals surface area contributed by atoms with Gasteiger partial charge in [0.1, 0.15) is 5.66 Å². The monoisotopic (exact) mass is 226 g/mol. The largest absolute Gasteiger partial charge is 0.449 e. The van der Waals surface area contributed by atoms with E-state index >= 15 is 0 Å². The van der Waals surface area contributed by atoms with Gasteiger partial charge in [-0.3, -0.25) is 0 Å². The summed E-state index contributed by atoms with van der Waals surface area (Å²) in [7, 11) is 0. The molecule has 0 spiro atoms. The number of para-hydroxylation sites is 2. The van der Waals surface area contributed by atoms with Crippen LogP contribution in [0.2, 0.25) is 0 Å². The molecule has 4 N–H and O–H groups in total. The van der Waals surface area contributed by atoms with E-state index in [0.717, 1.165) is 34.1 Å². The Labute approximate surface area is 97.7 Å². The second-order valence-electron chi connectivity index (χ2n) is 4.34. The van der Waals surface area contributed by atoms with Gasteiger partial charge in [-0.1, -0.05) is 24.3 Å². The lowest BCUT2D eigenvalue weighted by Crippen LogP contribution is -2.46. The van der Waals surface area contributed by atoms with E-state index in [-0.39, 0.29) is 0 Å². The van der Waals surface area contributed by atoms with E-state index in [1.807, 2.05) is 36.4 Å². The molecule has 0 bridgehead atoms. The van der Waals surface area contributed by atoms with Crippen LogP contribution in [-0.2, 0) is 5.66 Å². The summed E-state index contributed by atoms with van der Waals surface area (Å²) in [5.41, 5.74) is 13.0. The Bertz CT molecular complexity index is 594. The third kappa shape index (κ3) is 1.13. The highest BCUT2D eigenvalue weighted by Crippen LogP contribution is 2.55. The number of nitrogens with two attached hydrogens (primary N) is 2. The molecule has 0 radical (unpaired) electrons. The minimum absolute atomic E-state index is 0.788. The molecular formula is C13H10N2O2. The molecule has 0 saturated heterocycles. The number of hydrogen-bond donors (Lipinski definition) is 2. The zero-order valence-corrected chi connectivity index (χ0v) is 8.94. The molecule has 0 aromatic heterocycles. The number of benzene rings is 2. The van der Waals surface area contributed by atoms with E-state index in [1.165, 1.54) is 0 Å². The second kappa shape index (κ2) is 2.61. The van der Waals surface area contributed by atoms with Gasteiger partial charge in [-0.15, -0.1) is 0 Å². The first kappa shape index (κ1) is 9.04. The van der Waals surface area contributed by atoms with Crippen molar-refractivity contribution in [2.45, 2.75) is 5.66 Å². The summed E-state index contributed by atoms with van der Waals surface area (Å²) in [6.07, 6.45) is 0. The van der Waals surface area contributed by atoms with Gasteiger partial charge in [0.2, 0.25) is 0 Å². The van der Waals surface area contributed by atoms with Crippen LogP contribution < -0.4 is 20.9 Å². The van der Waals surface area contributed by atoms with Crippen LogP contribution in [0.15, 0.2) is 36.4 Å². The fourth-order valence-electron chi connectivity index (χ4n) is 2.18. The smallest absolute Gasteiger partial charge is 0.176 e. The number of rotatable bonds is 2. The lowest BCUT2D eigenvalue weighted by atomic mass is 9.93. The van der Waals surface area contributed by atoms with Gasteiger partial charge < -0.3 is 20.9 Å². The van der Waals surface area contributed by atoms with Crippen molar-refractivity contribution in [3.05, 3.63) is 47.5 Å². The molecule has 17 heavy (non-hydrogen) atoms. The molecule has 84 valence electrons. The van der Waals surface area contributed by atoms with Crippen LogP contribution in [-0.4, -0.2) is 0 Å². The Morgan fingerprint density at radius 3 is 1.71 bits per heavy atom. The van der Waals surface area contributed by atoms with Crippen molar-refractivity contribution in [1.29, 1.82) is 0 Å². The zero-order valence-electron chi connectivity index (χ0n) is 8.94. The fraction of sp³-hybridized carbons (Fsp3) is 0.0769. The van der Waals surface area contributed by atoms with Gasteiger partial charge in [0.05, 0.1) is 0 Å². The Kier molecular flexibility index (Phi) is 1.39. The van der Waals surface area contributed by atoms with Crippen LogP contribution in [0, 0.1) is 0 Å². The highest BCUT2D eigenvalue weighted by Gasteiger charge is 2.40. The van der Waals surface area contributed by atoms with Crippen LogP contribution in [0.3, 0.4) is 0 Å². The van der Waals surface area contributed by atoms with Gasteiger partial charge in [-0.2, -0.15) is 0 Å². The lowest BCUT2D eigenvalue weighted by Gasteiger charge is -2.23. The van der Waals surface area contributed by atoms with E-state index in [9.17, 15) is 0 Å². The average Bonchev–Trinajstić information content (AvgIpc) is 3.19. The van der Waals surface area contributed by atoms with E-state index in [2.05, 4.69) is 0 Å². The van der Waals surface area contributed by atoms with Crippen LogP contribution >= 0.6 is 0 Å². The highest BCUT2D eigenvalue weighted by atomic mass is 16.6. The number of ether oxygens (including phenoxy) is 2. The second-order valence-corrected chi connectivity index (χ2v) is 4.34. The zero-order chi connectivity index (χ0) is 11.6. The van der Waals surface area contributed by atoms with Gasteiger partial charge in [0, 0.05) is 11.1 Å². The van der Waals surface area contributed by atoms with Crippen molar-refractivity contribution in [3.63, 3.8) is 0 Å². The molecular weight excluding hydrogens is 216 g/mol. The normalized spacial score (nSPS) is 14.2. The highest BCUT2D eigenvalue weighted by molar-refractivity contribution is 5.67. The lowest BCUT2D eigenvalue weighted by molar-refractivity contribution is 0.535. The van der Waals surface area contributed by atoms with Crippen LogP contribution in [0.25, 0.3) is 0 Å². The van der Waals surface area contributed by atoms with Crippen molar-refractivity contribution in [3.8, 4) is 23.0 Å². The van der Waals surface area contributed by atoms with Crippen molar-refractivity contribution in [2.75, 3.05) is 0 Å². The van der Waals surface area contributed by atoms with E-state index in [4.69, 9.17) is 20.9 Å². The molecule has 0 unspecified atom stereocenters.